The molecular weight excluding hydrogens is 217 g/mol. The number of rotatable bonds is 3. The van der Waals surface area contributed by atoms with Crippen molar-refractivity contribution in [2.45, 2.75) is 37.9 Å². The zero-order valence-corrected chi connectivity index (χ0v) is 10.3. The molecular formula is C14H20FNO. The molecule has 0 saturated carbocycles. The molecule has 17 heavy (non-hydrogen) atoms. The highest BCUT2D eigenvalue weighted by atomic mass is 19.1. The molecule has 1 aromatic rings. The summed E-state index contributed by atoms with van der Waals surface area (Å²) < 4.78 is 19.8. The van der Waals surface area contributed by atoms with Gasteiger partial charge in [-0.1, -0.05) is 24.3 Å². The number of ether oxygens (including phenoxy) is 1. The highest BCUT2D eigenvalue weighted by Crippen LogP contribution is 2.31. The van der Waals surface area contributed by atoms with Crippen LogP contribution in [0.2, 0.25) is 0 Å². The van der Waals surface area contributed by atoms with Crippen molar-refractivity contribution in [1.82, 2.24) is 0 Å². The molecule has 2 nitrogen and oxygen atoms in total. The van der Waals surface area contributed by atoms with E-state index in [2.05, 4.69) is 0 Å². The van der Waals surface area contributed by atoms with E-state index in [0.717, 1.165) is 11.1 Å². The Morgan fingerprint density at radius 1 is 1.35 bits per heavy atom. The SMILES string of the molecule is CC(N)c1ccccc1CC1(F)CCOCC1. The van der Waals surface area contributed by atoms with Gasteiger partial charge in [-0.3, -0.25) is 0 Å². The van der Waals surface area contributed by atoms with Crippen molar-refractivity contribution in [3.8, 4) is 0 Å². The molecule has 1 aromatic carbocycles. The van der Waals surface area contributed by atoms with Gasteiger partial charge in [-0.25, -0.2) is 4.39 Å². The van der Waals surface area contributed by atoms with E-state index < -0.39 is 5.67 Å². The summed E-state index contributed by atoms with van der Waals surface area (Å²) in [6.07, 6.45) is 1.43. The Balaban J connectivity index is 2.17. The molecule has 94 valence electrons. The highest BCUT2D eigenvalue weighted by Gasteiger charge is 2.33. The van der Waals surface area contributed by atoms with Crippen LogP contribution >= 0.6 is 0 Å². The minimum absolute atomic E-state index is 0.0466. The largest absolute Gasteiger partial charge is 0.381 e. The fourth-order valence-corrected chi connectivity index (χ4v) is 2.39. The predicted octanol–water partition coefficient (Wildman–Crippen LogP) is 2.77. The molecule has 0 aromatic heterocycles. The Hall–Kier alpha value is -0.930. The van der Waals surface area contributed by atoms with E-state index in [-0.39, 0.29) is 6.04 Å². The Morgan fingerprint density at radius 3 is 2.65 bits per heavy atom. The van der Waals surface area contributed by atoms with E-state index in [9.17, 15) is 4.39 Å². The van der Waals surface area contributed by atoms with Crippen molar-refractivity contribution in [3.63, 3.8) is 0 Å². The Bertz CT molecular complexity index is 372. The zero-order chi connectivity index (χ0) is 12.3. The number of benzene rings is 1. The number of hydrogen-bond donors (Lipinski definition) is 1. The van der Waals surface area contributed by atoms with E-state index in [4.69, 9.17) is 10.5 Å². The molecule has 1 aliphatic rings. The number of alkyl halides is 1. The van der Waals surface area contributed by atoms with Gasteiger partial charge in [0.1, 0.15) is 5.67 Å². The van der Waals surface area contributed by atoms with Crippen LogP contribution in [0.3, 0.4) is 0 Å². The molecule has 1 atom stereocenters. The smallest absolute Gasteiger partial charge is 0.119 e. The van der Waals surface area contributed by atoms with Crippen molar-refractivity contribution < 1.29 is 9.13 Å². The predicted molar refractivity (Wildman–Crippen MR) is 66.6 cm³/mol. The third-order valence-electron chi connectivity index (χ3n) is 3.44. The average Bonchev–Trinajstić information content (AvgIpc) is 2.29. The first-order chi connectivity index (χ1) is 8.11. The van der Waals surface area contributed by atoms with Gasteiger partial charge < -0.3 is 10.5 Å². The van der Waals surface area contributed by atoms with Gasteiger partial charge >= 0.3 is 0 Å². The molecule has 0 radical (unpaired) electrons. The second kappa shape index (κ2) is 5.15. The summed E-state index contributed by atoms with van der Waals surface area (Å²) in [4.78, 5) is 0. The van der Waals surface area contributed by atoms with Gasteiger partial charge in [0.2, 0.25) is 0 Å². The molecule has 0 spiro atoms. The lowest BCUT2D eigenvalue weighted by molar-refractivity contribution is -0.00827. The van der Waals surface area contributed by atoms with Gasteiger partial charge in [0.15, 0.2) is 0 Å². The van der Waals surface area contributed by atoms with Gasteiger partial charge in [-0.05, 0) is 18.1 Å². The number of nitrogens with two attached hydrogens (primary N) is 1. The standard InChI is InChI=1S/C14H20FNO/c1-11(16)13-5-3-2-4-12(13)10-14(15)6-8-17-9-7-14/h2-5,11H,6-10,16H2,1H3. The maximum atomic E-state index is 14.6. The van der Waals surface area contributed by atoms with Crippen LogP contribution in [-0.2, 0) is 11.2 Å². The fourth-order valence-electron chi connectivity index (χ4n) is 2.39. The van der Waals surface area contributed by atoms with Crippen LogP contribution in [0.25, 0.3) is 0 Å². The third kappa shape index (κ3) is 3.05. The molecule has 2 rings (SSSR count). The maximum absolute atomic E-state index is 14.6. The first-order valence-electron chi connectivity index (χ1n) is 6.21. The van der Waals surface area contributed by atoms with Gasteiger partial charge in [-0.2, -0.15) is 0 Å². The Labute approximate surface area is 102 Å². The molecule has 1 heterocycles. The second-order valence-corrected chi connectivity index (χ2v) is 4.93. The molecule has 3 heteroatoms. The zero-order valence-electron chi connectivity index (χ0n) is 10.3. The van der Waals surface area contributed by atoms with Crippen molar-refractivity contribution in [3.05, 3.63) is 35.4 Å². The molecule has 1 fully saturated rings. The van der Waals surface area contributed by atoms with E-state index in [0.29, 0.717) is 32.5 Å². The van der Waals surface area contributed by atoms with Crippen molar-refractivity contribution in [2.75, 3.05) is 13.2 Å². The molecule has 1 aliphatic heterocycles. The van der Waals surface area contributed by atoms with E-state index in [1.807, 2.05) is 31.2 Å². The third-order valence-corrected chi connectivity index (χ3v) is 3.44. The summed E-state index contributed by atoms with van der Waals surface area (Å²) in [6.45, 7) is 2.99. The van der Waals surface area contributed by atoms with Crippen molar-refractivity contribution in [1.29, 1.82) is 0 Å². The van der Waals surface area contributed by atoms with Crippen LogP contribution < -0.4 is 5.73 Å². The second-order valence-electron chi connectivity index (χ2n) is 4.93. The quantitative estimate of drug-likeness (QED) is 0.877. The molecule has 1 unspecified atom stereocenters. The number of halogens is 1. The lowest BCUT2D eigenvalue weighted by Crippen LogP contribution is -2.34. The summed E-state index contributed by atoms with van der Waals surface area (Å²) in [6, 6.07) is 7.83. The minimum Gasteiger partial charge on any atom is -0.381 e. The maximum Gasteiger partial charge on any atom is 0.119 e. The van der Waals surface area contributed by atoms with Crippen LogP contribution in [0.15, 0.2) is 24.3 Å². The first kappa shape index (κ1) is 12.5. The van der Waals surface area contributed by atoms with E-state index >= 15 is 0 Å². The monoisotopic (exact) mass is 237 g/mol. The summed E-state index contributed by atoms with van der Waals surface area (Å²) in [5.41, 5.74) is 6.88. The van der Waals surface area contributed by atoms with Crippen LogP contribution in [-0.4, -0.2) is 18.9 Å². The summed E-state index contributed by atoms with van der Waals surface area (Å²) in [5.74, 6) is 0. The molecule has 0 aliphatic carbocycles. The average molecular weight is 237 g/mol. The Kier molecular flexibility index (Phi) is 3.79. The van der Waals surface area contributed by atoms with Crippen LogP contribution in [0, 0.1) is 0 Å². The van der Waals surface area contributed by atoms with Crippen LogP contribution in [0.5, 0.6) is 0 Å². The van der Waals surface area contributed by atoms with Gasteiger partial charge in [-0.15, -0.1) is 0 Å². The molecule has 0 amide bonds. The fraction of sp³-hybridized carbons (Fsp3) is 0.571. The lowest BCUT2D eigenvalue weighted by atomic mass is 9.86. The van der Waals surface area contributed by atoms with Crippen LogP contribution in [0.4, 0.5) is 4.39 Å². The first-order valence-corrected chi connectivity index (χ1v) is 6.21. The molecule has 2 N–H and O–H groups in total. The van der Waals surface area contributed by atoms with Crippen molar-refractivity contribution >= 4 is 0 Å². The van der Waals surface area contributed by atoms with E-state index in [1.165, 1.54) is 0 Å². The van der Waals surface area contributed by atoms with Crippen molar-refractivity contribution in [2.24, 2.45) is 5.73 Å². The lowest BCUT2D eigenvalue weighted by Gasteiger charge is -2.30. The topological polar surface area (TPSA) is 35.2 Å². The van der Waals surface area contributed by atoms with Crippen LogP contribution in [0.1, 0.15) is 36.9 Å². The summed E-state index contributed by atoms with van der Waals surface area (Å²) in [5, 5.41) is 0. The van der Waals surface area contributed by atoms with Gasteiger partial charge in [0.05, 0.1) is 0 Å². The summed E-state index contributed by atoms with van der Waals surface area (Å²) >= 11 is 0. The molecule has 1 saturated heterocycles. The van der Waals surface area contributed by atoms with E-state index in [1.54, 1.807) is 0 Å². The highest BCUT2D eigenvalue weighted by molar-refractivity contribution is 5.30. The van der Waals surface area contributed by atoms with Gasteiger partial charge in [0.25, 0.3) is 0 Å². The minimum atomic E-state index is -1.12. The van der Waals surface area contributed by atoms with Gasteiger partial charge in [0, 0.05) is 38.5 Å². The number of hydrogen-bond acceptors (Lipinski definition) is 2. The normalized spacial score (nSPS) is 21.1. The Morgan fingerprint density at radius 2 is 2.00 bits per heavy atom. The summed E-state index contributed by atoms with van der Waals surface area (Å²) in [7, 11) is 0. The molecule has 0 bridgehead atoms.